The van der Waals surface area contributed by atoms with Gasteiger partial charge in [-0.05, 0) is 38.4 Å². The third-order valence-electron chi connectivity index (χ3n) is 4.29. The van der Waals surface area contributed by atoms with Gasteiger partial charge in [0.15, 0.2) is 4.96 Å². The van der Waals surface area contributed by atoms with E-state index in [1.54, 1.807) is 21.8 Å². The van der Waals surface area contributed by atoms with Crippen LogP contribution in [0.2, 0.25) is 0 Å². The Bertz CT molecular complexity index is 886. The van der Waals surface area contributed by atoms with Crippen LogP contribution in [0.5, 0.6) is 0 Å². The predicted molar refractivity (Wildman–Crippen MR) is 90.7 cm³/mol. The summed E-state index contributed by atoms with van der Waals surface area (Å²) in [6.45, 7) is 3.71. The molecule has 0 bridgehead atoms. The second kappa shape index (κ2) is 5.86. The number of thiazole rings is 1. The molecule has 5 nitrogen and oxygen atoms in total. The summed E-state index contributed by atoms with van der Waals surface area (Å²) in [6.07, 6.45) is 5.96. The first kappa shape index (κ1) is 14.5. The van der Waals surface area contributed by atoms with Gasteiger partial charge in [0.2, 0.25) is 0 Å². The van der Waals surface area contributed by atoms with Crippen LogP contribution in [0, 0.1) is 6.92 Å². The molecule has 1 saturated heterocycles. The van der Waals surface area contributed by atoms with Crippen LogP contribution in [0.15, 0.2) is 41.5 Å². The molecule has 1 fully saturated rings. The van der Waals surface area contributed by atoms with Crippen LogP contribution in [0.1, 0.15) is 35.1 Å². The van der Waals surface area contributed by atoms with Crippen molar-refractivity contribution in [1.29, 1.82) is 0 Å². The molecule has 3 aromatic heterocycles. The third-order valence-corrected chi connectivity index (χ3v) is 5.19. The highest BCUT2D eigenvalue weighted by atomic mass is 32.1. The lowest BCUT2D eigenvalue weighted by atomic mass is 10.1. The van der Waals surface area contributed by atoms with E-state index in [4.69, 9.17) is 0 Å². The quantitative estimate of drug-likeness (QED) is 0.743. The second-order valence-electron chi connectivity index (χ2n) is 5.96. The maximum Gasteiger partial charge on any atom is 0.258 e. The van der Waals surface area contributed by atoms with Crippen LogP contribution >= 0.6 is 11.3 Å². The van der Waals surface area contributed by atoms with E-state index in [0.29, 0.717) is 12.6 Å². The molecule has 0 saturated carbocycles. The average Bonchev–Trinajstić information content (AvgIpc) is 3.14. The van der Waals surface area contributed by atoms with E-state index in [-0.39, 0.29) is 5.56 Å². The Labute approximate surface area is 138 Å². The molecule has 0 aromatic carbocycles. The number of nitrogens with zero attached hydrogens (tertiary/aromatic N) is 4. The highest BCUT2D eigenvalue weighted by Crippen LogP contribution is 2.31. The predicted octanol–water partition coefficient (Wildman–Crippen LogP) is 2.80. The second-order valence-corrected chi connectivity index (χ2v) is 7.18. The fraction of sp³-hybridized carbons (Fsp3) is 0.353. The van der Waals surface area contributed by atoms with Crippen LogP contribution in [0.3, 0.4) is 0 Å². The van der Waals surface area contributed by atoms with Crippen molar-refractivity contribution < 1.29 is 0 Å². The standard InChI is InChI=1S/C17H18N4OS/c1-12-10-21-16(22)9-13(19-17(21)23-12)11-20-8-4-6-15(20)14-5-2-3-7-18-14/h2-3,5,7,9-10,15H,4,6,8,11H2,1H3/t15-/m0/s1. The van der Waals surface area contributed by atoms with Crippen molar-refractivity contribution in [3.8, 4) is 0 Å². The van der Waals surface area contributed by atoms with Gasteiger partial charge in [-0.15, -0.1) is 11.3 Å². The van der Waals surface area contributed by atoms with Crippen molar-refractivity contribution in [1.82, 2.24) is 19.3 Å². The first-order chi connectivity index (χ1) is 11.2. The van der Waals surface area contributed by atoms with Gasteiger partial charge in [-0.1, -0.05) is 6.07 Å². The maximum absolute atomic E-state index is 12.2. The van der Waals surface area contributed by atoms with Gasteiger partial charge >= 0.3 is 0 Å². The zero-order chi connectivity index (χ0) is 15.8. The highest BCUT2D eigenvalue weighted by Gasteiger charge is 2.27. The molecule has 0 spiro atoms. The zero-order valence-corrected chi connectivity index (χ0v) is 13.8. The summed E-state index contributed by atoms with van der Waals surface area (Å²) < 4.78 is 1.63. The summed E-state index contributed by atoms with van der Waals surface area (Å²) in [6, 6.07) is 8.04. The first-order valence-electron chi connectivity index (χ1n) is 7.84. The monoisotopic (exact) mass is 326 g/mol. The molecule has 1 atom stereocenters. The number of rotatable bonds is 3. The summed E-state index contributed by atoms with van der Waals surface area (Å²) in [4.78, 5) is 25.7. The third kappa shape index (κ3) is 2.80. The van der Waals surface area contributed by atoms with E-state index in [9.17, 15) is 4.79 Å². The van der Waals surface area contributed by atoms with E-state index >= 15 is 0 Å². The van der Waals surface area contributed by atoms with Crippen LogP contribution in [-0.4, -0.2) is 25.8 Å². The molecule has 4 rings (SSSR count). The normalized spacial score (nSPS) is 18.7. The molecular weight excluding hydrogens is 308 g/mol. The van der Waals surface area contributed by atoms with Gasteiger partial charge in [0.1, 0.15) is 0 Å². The molecule has 118 valence electrons. The van der Waals surface area contributed by atoms with Crippen molar-refractivity contribution in [2.24, 2.45) is 0 Å². The molecule has 0 radical (unpaired) electrons. The van der Waals surface area contributed by atoms with E-state index in [1.165, 1.54) is 0 Å². The minimum absolute atomic E-state index is 0.00272. The molecule has 1 aliphatic rings. The largest absolute Gasteiger partial charge is 0.289 e. The van der Waals surface area contributed by atoms with Gasteiger partial charge in [0.25, 0.3) is 5.56 Å². The number of fused-ring (bicyclic) bond motifs is 1. The smallest absolute Gasteiger partial charge is 0.258 e. The Kier molecular flexibility index (Phi) is 3.71. The van der Waals surface area contributed by atoms with E-state index < -0.39 is 0 Å². The van der Waals surface area contributed by atoms with Crippen molar-refractivity contribution >= 4 is 16.3 Å². The van der Waals surface area contributed by atoms with Gasteiger partial charge in [-0.3, -0.25) is 19.1 Å². The van der Waals surface area contributed by atoms with Crippen molar-refractivity contribution in [3.05, 3.63) is 63.3 Å². The zero-order valence-electron chi connectivity index (χ0n) is 13.0. The molecular formula is C17H18N4OS. The Balaban J connectivity index is 1.63. The Morgan fingerprint density at radius 1 is 1.39 bits per heavy atom. The first-order valence-corrected chi connectivity index (χ1v) is 8.66. The van der Waals surface area contributed by atoms with E-state index in [0.717, 1.165) is 40.6 Å². The fourth-order valence-corrected chi connectivity index (χ4v) is 4.12. The van der Waals surface area contributed by atoms with Gasteiger partial charge < -0.3 is 0 Å². The highest BCUT2D eigenvalue weighted by molar-refractivity contribution is 7.16. The number of likely N-dealkylation sites (tertiary alicyclic amines) is 1. The van der Waals surface area contributed by atoms with Gasteiger partial charge in [-0.25, -0.2) is 4.98 Å². The minimum atomic E-state index is 0.00272. The van der Waals surface area contributed by atoms with Crippen molar-refractivity contribution in [2.75, 3.05) is 6.54 Å². The van der Waals surface area contributed by atoms with Crippen molar-refractivity contribution in [3.63, 3.8) is 0 Å². The van der Waals surface area contributed by atoms with Crippen LogP contribution < -0.4 is 5.56 Å². The fourth-order valence-electron chi connectivity index (χ4n) is 3.27. The molecule has 0 amide bonds. The number of hydrogen-bond acceptors (Lipinski definition) is 5. The summed E-state index contributed by atoms with van der Waals surface area (Å²) in [5, 5.41) is 0. The average molecular weight is 326 g/mol. The summed E-state index contributed by atoms with van der Waals surface area (Å²) in [7, 11) is 0. The number of pyridine rings is 1. The molecule has 23 heavy (non-hydrogen) atoms. The lowest BCUT2D eigenvalue weighted by molar-refractivity contribution is 0.241. The van der Waals surface area contributed by atoms with Crippen molar-refractivity contribution in [2.45, 2.75) is 32.4 Å². The van der Waals surface area contributed by atoms with E-state index in [1.807, 2.05) is 31.5 Å². The van der Waals surface area contributed by atoms with Gasteiger partial charge in [-0.2, -0.15) is 0 Å². The number of hydrogen-bond donors (Lipinski definition) is 0. The van der Waals surface area contributed by atoms with Crippen LogP contribution in [0.4, 0.5) is 0 Å². The summed E-state index contributed by atoms with van der Waals surface area (Å²) in [5.74, 6) is 0. The molecule has 0 aliphatic carbocycles. The minimum Gasteiger partial charge on any atom is -0.289 e. The Morgan fingerprint density at radius 3 is 3.13 bits per heavy atom. The molecule has 1 aliphatic heterocycles. The molecule has 3 aromatic rings. The van der Waals surface area contributed by atoms with Gasteiger partial charge in [0, 0.05) is 29.9 Å². The lowest BCUT2D eigenvalue weighted by Crippen LogP contribution is -2.25. The SMILES string of the molecule is Cc1cn2c(=O)cc(CN3CCC[C@H]3c3ccccn3)nc2s1. The molecule has 4 heterocycles. The van der Waals surface area contributed by atoms with Crippen LogP contribution in [0.25, 0.3) is 4.96 Å². The molecule has 6 heteroatoms. The maximum atomic E-state index is 12.2. The topological polar surface area (TPSA) is 50.5 Å². The van der Waals surface area contributed by atoms with Crippen LogP contribution in [-0.2, 0) is 6.54 Å². The van der Waals surface area contributed by atoms with E-state index in [2.05, 4.69) is 20.9 Å². The Morgan fingerprint density at radius 2 is 2.30 bits per heavy atom. The summed E-state index contributed by atoms with van der Waals surface area (Å²) in [5.41, 5.74) is 1.96. The number of aryl methyl sites for hydroxylation is 1. The lowest BCUT2D eigenvalue weighted by Gasteiger charge is -2.23. The van der Waals surface area contributed by atoms with Gasteiger partial charge in [0.05, 0.1) is 17.4 Å². The number of aromatic nitrogens is 3. The summed E-state index contributed by atoms with van der Waals surface area (Å²) >= 11 is 1.56. The molecule has 0 unspecified atom stereocenters. The molecule has 0 N–H and O–H groups in total. The Hall–Kier alpha value is -2.05.